The summed E-state index contributed by atoms with van der Waals surface area (Å²) in [5.41, 5.74) is 0.0493. The second kappa shape index (κ2) is 8.97. The van der Waals surface area contributed by atoms with Crippen molar-refractivity contribution in [3.05, 3.63) is 93.2 Å². The molecule has 0 atom stereocenters. The number of nitrogens with zero attached hydrogens (tertiary/aromatic N) is 2. The molecule has 0 unspecified atom stereocenters. The molecular weight excluding hydrogens is 474 g/mol. The van der Waals surface area contributed by atoms with Gasteiger partial charge in [0.15, 0.2) is 5.16 Å². The number of benzene rings is 3. The quantitative estimate of drug-likeness (QED) is 0.201. The van der Waals surface area contributed by atoms with Crippen LogP contribution in [0.3, 0.4) is 0 Å². The van der Waals surface area contributed by atoms with E-state index < -0.39 is 17.2 Å². The molecule has 0 aliphatic carbocycles. The largest absolute Gasteiger partial charge is 0.493 e. The van der Waals surface area contributed by atoms with Gasteiger partial charge in [-0.3, -0.25) is 9.36 Å². The third-order valence-electron chi connectivity index (χ3n) is 4.27. The predicted molar refractivity (Wildman–Crippen MR) is 118 cm³/mol. The lowest BCUT2D eigenvalue weighted by atomic mass is 10.2. The number of thioether (sulfide) groups is 1. The number of ether oxygens (including phenoxy) is 1. The highest BCUT2D eigenvalue weighted by Crippen LogP contribution is 2.24. The lowest BCUT2D eigenvalue weighted by Crippen LogP contribution is -2.23. The molecule has 0 saturated heterocycles. The van der Waals surface area contributed by atoms with Gasteiger partial charge in [0.1, 0.15) is 17.4 Å². The lowest BCUT2D eigenvalue weighted by molar-refractivity contribution is 0.343. The van der Waals surface area contributed by atoms with Gasteiger partial charge in [-0.25, -0.2) is 13.8 Å². The number of aromatic nitrogens is 2. The van der Waals surface area contributed by atoms with Crippen LogP contribution in [0, 0.1) is 11.6 Å². The molecule has 30 heavy (non-hydrogen) atoms. The van der Waals surface area contributed by atoms with Crippen molar-refractivity contribution in [3.63, 3.8) is 0 Å². The molecule has 0 saturated carbocycles. The minimum Gasteiger partial charge on any atom is -0.493 e. The summed E-state index contributed by atoms with van der Waals surface area (Å²) in [6.07, 6.45) is 0. The first-order valence-electron chi connectivity index (χ1n) is 9.01. The van der Waals surface area contributed by atoms with Gasteiger partial charge >= 0.3 is 0 Å². The Hall–Kier alpha value is -2.71. The van der Waals surface area contributed by atoms with Gasteiger partial charge < -0.3 is 4.74 Å². The van der Waals surface area contributed by atoms with Gasteiger partial charge in [0.2, 0.25) is 0 Å². The maximum Gasteiger partial charge on any atom is 0.266 e. The van der Waals surface area contributed by atoms with E-state index in [0.717, 1.165) is 16.6 Å². The third kappa shape index (κ3) is 4.39. The van der Waals surface area contributed by atoms with Crippen LogP contribution in [-0.2, 0) is 0 Å². The van der Waals surface area contributed by atoms with E-state index in [1.54, 1.807) is 24.3 Å². The maximum absolute atomic E-state index is 14.5. The molecule has 1 heterocycles. The lowest BCUT2D eigenvalue weighted by Gasteiger charge is -2.14. The number of halogens is 3. The Morgan fingerprint density at radius 1 is 1.03 bits per heavy atom. The minimum absolute atomic E-state index is 0.0462. The molecule has 3 aromatic carbocycles. The smallest absolute Gasteiger partial charge is 0.266 e. The average molecular weight is 489 g/mol. The Bertz CT molecular complexity index is 1280. The summed E-state index contributed by atoms with van der Waals surface area (Å²) in [5, 5.41) is 0.665. The van der Waals surface area contributed by atoms with Crippen LogP contribution in [0.2, 0.25) is 0 Å². The van der Waals surface area contributed by atoms with E-state index in [1.165, 1.54) is 22.4 Å². The van der Waals surface area contributed by atoms with Crippen molar-refractivity contribution in [3.8, 4) is 11.4 Å². The maximum atomic E-state index is 14.5. The van der Waals surface area contributed by atoms with Crippen molar-refractivity contribution in [1.82, 2.24) is 9.55 Å². The highest BCUT2D eigenvalue weighted by atomic mass is 79.9. The number of hydrogen-bond donors (Lipinski definition) is 0. The van der Waals surface area contributed by atoms with Crippen molar-refractivity contribution < 1.29 is 13.5 Å². The summed E-state index contributed by atoms with van der Waals surface area (Å²) in [6.45, 7) is 0.357. The second-order valence-electron chi connectivity index (χ2n) is 6.30. The first-order chi connectivity index (χ1) is 14.5. The summed E-state index contributed by atoms with van der Waals surface area (Å²) in [7, 11) is 0. The molecular formula is C22H15BrF2N2O2S. The number of rotatable bonds is 6. The van der Waals surface area contributed by atoms with Crippen LogP contribution < -0.4 is 10.3 Å². The normalized spacial score (nSPS) is 11.0. The zero-order chi connectivity index (χ0) is 21.1. The van der Waals surface area contributed by atoms with Crippen LogP contribution >= 0.6 is 27.7 Å². The fourth-order valence-electron chi connectivity index (χ4n) is 2.93. The molecule has 0 fully saturated rings. The van der Waals surface area contributed by atoms with Crippen LogP contribution in [-0.4, -0.2) is 21.9 Å². The number of para-hydroxylation sites is 1. The van der Waals surface area contributed by atoms with E-state index in [1.807, 2.05) is 24.3 Å². The standard InChI is InChI=1S/C22H15BrF2N2O2S/c23-14-4-3-5-16(12-14)29-10-11-30-22-26-19-7-2-1-6-17(19)21(28)27(22)20-9-8-15(24)13-18(20)25/h1-9,12-13H,10-11H2. The van der Waals surface area contributed by atoms with Gasteiger partial charge in [-0.05, 0) is 42.5 Å². The van der Waals surface area contributed by atoms with Crippen molar-refractivity contribution in [2.45, 2.75) is 5.16 Å². The Morgan fingerprint density at radius 3 is 2.67 bits per heavy atom. The highest BCUT2D eigenvalue weighted by molar-refractivity contribution is 9.10. The van der Waals surface area contributed by atoms with E-state index >= 15 is 0 Å². The van der Waals surface area contributed by atoms with E-state index in [-0.39, 0.29) is 5.69 Å². The average Bonchev–Trinajstić information content (AvgIpc) is 2.72. The van der Waals surface area contributed by atoms with E-state index in [9.17, 15) is 13.6 Å². The molecule has 0 amide bonds. The molecule has 4 aromatic rings. The van der Waals surface area contributed by atoms with E-state index in [4.69, 9.17) is 4.74 Å². The first-order valence-corrected chi connectivity index (χ1v) is 10.8. The van der Waals surface area contributed by atoms with Crippen LogP contribution in [0.15, 0.2) is 81.2 Å². The molecule has 1 aromatic heterocycles. The van der Waals surface area contributed by atoms with Gasteiger partial charge in [-0.2, -0.15) is 0 Å². The van der Waals surface area contributed by atoms with Gasteiger partial charge in [0, 0.05) is 16.3 Å². The Labute approximate surface area is 183 Å². The second-order valence-corrected chi connectivity index (χ2v) is 8.28. The molecule has 0 aliphatic rings. The monoisotopic (exact) mass is 488 g/mol. The fraction of sp³-hybridized carbons (Fsp3) is 0.0909. The van der Waals surface area contributed by atoms with E-state index in [2.05, 4.69) is 20.9 Å². The van der Waals surface area contributed by atoms with Gasteiger partial charge in [-0.15, -0.1) is 0 Å². The molecule has 8 heteroatoms. The Balaban J connectivity index is 1.66. The van der Waals surface area contributed by atoms with Crippen molar-refractivity contribution in [1.29, 1.82) is 0 Å². The van der Waals surface area contributed by atoms with Crippen molar-refractivity contribution in [2.24, 2.45) is 0 Å². The minimum atomic E-state index is -0.832. The van der Waals surface area contributed by atoms with Crippen molar-refractivity contribution >= 4 is 38.6 Å². The molecule has 0 aliphatic heterocycles. The van der Waals surface area contributed by atoms with Gasteiger partial charge in [-0.1, -0.05) is 45.9 Å². The van der Waals surface area contributed by atoms with Crippen LogP contribution in [0.1, 0.15) is 0 Å². The number of hydrogen-bond acceptors (Lipinski definition) is 4. The summed E-state index contributed by atoms with van der Waals surface area (Å²) >= 11 is 4.65. The zero-order valence-corrected chi connectivity index (χ0v) is 17.9. The molecule has 0 spiro atoms. The summed E-state index contributed by atoms with van der Waals surface area (Å²) in [4.78, 5) is 17.6. The van der Waals surface area contributed by atoms with Gasteiger partial charge in [0.25, 0.3) is 5.56 Å². The van der Waals surface area contributed by atoms with Crippen molar-refractivity contribution in [2.75, 3.05) is 12.4 Å². The molecule has 0 bridgehead atoms. The van der Waals surface area contributed by atoms with Crippen LogP contribution in [0.4, 0.5) is 8.78 Å². The SMILES string of the molecule is O=c1c2ccccc2nc(SCCOc2cccc(Br)c2)n1-c1ccc(F)cc1F. The van der Waals surface area contributed by atoms with E-state index in [0.29, 0.717) is 34.2 Å². The topological polar surface area (TPSA) is 44.1 Å². The molecule has 4 rings (SSSR count). The summed E-state index contributed by atoms with van der Waals surface area (Å²) in [6, 6.07) is 17.4. The molecule has 4 nitrogen and oxygen atoms in total. The summed E-state index contributed by atoms with van der Waals surface area (Å²) in [5.74, 6) is -0.366. The molecule has 0 radical (unpaired) electrons. The van der Waals surface area contributed by atoms with Gasteiger partial charge in [0.05, 0.1) is 23.2 Å². The third-order valence-corrected chi connectivity index (χ3v) is 5.67. The zero-order valence-electron chi connectivity index (χ0n) is 15.5. The Kier molecular flexibility index (Phi) is 6.15. The van der Waals surface area contributed by atoms with Crippen LogP contribution in [0.25, 0.3) is 16.6 Å². The fourth-order valence-corrected chi connectivity index (χ4v) is 4.13. The first kappa shape index (κ1) is 20.6. The number of fused-ring (bicyclic) bond motifs is 1. The molecule has 152 valence electrons. The highest BCUT2D eigenvalue weighted by Gasteiger charge is 2.16. The van der Waals surface area contributed by atoms with Crippen LogP contribution in [0.5, 0.6) is 5.75 Å². The Morgan fingerprint density at radius 2 is 1.87 bits per heavy atom. The summed E-state index contributed by atoms with van der Waals surface area (Å²) < 4.78 is 35.7. The molecule has 0 N–H and O–H groups in total. The predicted octanol–water partition coefficient (Wildman–Crippen LogP) is 5.60.